The van der Waals surface area contributed by atoms with Gasteiger partial charge >= 0.3 is 6.03 Å². The highest BCUT2D eigenvalue weighted by Gasteiger charge is 2.28. The molecule has 1 aliphatic rings. The van der Waals surface area contributed by atoms with Crippen LogP contribution < -0.4 is 15.5 Å². The summed E-state index contributed by atoms with van der Waals surface area (Å²) in [6.07, 6.45) is 0.482. The standard InChI is InChI=1S/C16H25N3O3S/c1-4-19(5-2)14-6-7-15(12(3)10-14)18-16(20)17-13-8-9-23(21,22)11-13/h6-7,10,13H,4-5,8-9,11H2,1-3H3,(H2,17,18,20). The molecule has 0 spiro atoms. The third-order valence-electron chi connectivity index (χ3n) is 4.15. The molecule has 1 saturated heterocycles. The normalized spacial score (nSPS) is 19.3. The molecule has 0 aliphatic carbocycles. The maximum Gasteiger partial charge on any atom is 0.319 e. The van der Waals surface area contributed by atoms with Crippen LogP contribution in [0.2, 0.25) is 0 Å². The highest BCUT2D eigenvalue weighted by molar-refractivity contribution is 7.91. The zero-order chi connectivity index (χ0) is 17.0. The summed E-state index contributed by atoms with van der Waals surface area (Å²) in [4.78, 5) is 14.3. The molecule has 1 aromatic carbocycles. The van der Waals surface area contributed by atoms with E-state index in [1.807, 2.05) is 25.1 Å². The largest absolute Gasteiger partial charge is 0.372 e. The molecule has 2 rings (SSSR count). The number of aryl methyl sites for hydroxylation is 1. The summed E-state index contributed by atoms with van der Waals surface area (Å²) in [7, 11) is -2.99. The Bertz CT molecular complexity index is 669. The van der Waals surface area contributed by atoms with Gasteiger partial charge < -0.3 is 15.5 Å². The Kier molecular flexibility index (Phi) is 5.51. The van der Waals surface area contributed by atoms with Crippen molar-refractivity contribution in [1.29, 1.82) is 0 Å². The fourth-order valence-corrected chi connectivity index (χ4v) is 4.50. The molecule has 0 bridgehead atoms. The van der Waals surface area contributed by atoms with Crippen molar-refractivity contribution in [3.8, 4) is 0 Å². The Morgan fingerprint density at radius 3 is 2.52 bits per heavy atom. The lowest BCUT2D eigenvalue weighted by Gasteiger charge is -2.22. The van der Waals surface area contributed by atoms with E-state index < -0.39 is 9.84 Å². The molecular weight excluding hydrogens is 314 g/mol. The summed E-state index contributed by atoms with van der Waals surface area (Å²) >= 11 is 0. The molecule has 23 heavy (non-hydrogen) atoms. The number of nitrogens with zero attached hydrogens (tertiary/aromatic N) is 1. The number of carbonyl (C=O) groups excluding carboxylic acids is 1. The van der Waals surface area contributed by atoms with Crippen LogP contribution in [0.25, 0.3) is 0 Å². The molecule has 2 amide bonds. The van der Waals surface area contributed by atoms with Crippen LogP contribution in [-0.2, 0) is 9.84 Å². The van der Waals surface area contributed by atoms with Crippen molar-refractivity contribution >= 4 is 27.2 Å². The second-order valence-electron chi connectivity index (χ2n) is 5.87. The van der Waals surface area contributed by atoms with Gasteiger partial charge in [-0.15, -0.1) is 0 Å². The average molecular weight is 339 g/mol. The number of rotatable bonds is 5. The van der Waals surface area contributed by atoms with E-state index in [2.05, 4.69) is 29.4 Å². The van der Waals surface area contributed by atoms with E-state index in [-0.39, 0.29) is 23.6 Å². The average Bonchev–Trinajstić information content (AvgIpc) is 2.82. The summed E-state index contributed by atoms with van der Waals surface area (Å²) in [6, 6.07) is 5.26. The zero-order valence-electron chi connectivity index (χ0n) is 13.9. The highest BCUT2D eigenvalue weighted by atomic mass is 32.2. The first-order valence-corrected chi connectivity index (χ1v) is 9.80. The fourth-order valence-electron chi connectivity index (χ4n) is 2.83. The maximum atomic E-state index is 12.0. The van der Waals surface area contributed by atoms with E-state index in [9.17, 15) is 13.2 Å². The number of benzene rings is 1. The van der Waals surface area contributed by atoms with Gasteiger partial charge in [0.1, 0.15) is 0 Å². The van der Waals surface area contributed by atoms with Crippen molar-refractivity contribution in [3.63, 3.8) is 0 Å². The Labute approximate surface area is 138 Å². The minimum absolute atomic E-state index is 0.0281. The predicted molar refractivity (Wildman–Crippen MR) is 94.0 cm³/mol. The molecule has 1 atom stereocenters. The third kappa shape index (κ3) is 4.60. The number of sulfone groups is 1. The van der Waals surface area contributed by atoms with Gasteiger partial charge in [-0.05, 0) is 51.0 Å². The van der Waals surface area contributed by atoms with E-state index in [0.29, 0.717) is 6.42 Å². The first-order chi connectivity index (χ1) is 10.8. The topological polar surface area (TPSA) is 78.5 Å². The van der Waals surface area contributed by atoms with Crippen molar-refractivity contribution in [2.45, 2.75) is 33.2 Å². The molecule has 0 radical (unpaired) electrons. The summed E-state index contributed by atoms with van der Waals surface area (Å²) in [5.41, 5.74) is 2.84. The second-order valence-corrected chi connectivity index (χ2v) is 8.10. The van der Waals surface area contributed by atoms with Crippen LogP contribution in [0.4, 0.5) is 16.2 Å². The molecule has 1 unspecified atom stereocenters. The third-order valence-corrected chi connectivity index (χ3v) is 5.92. The van der Waals surface area contributed by atoms with Crippen LogP contribution in [0.1, 0.15) is 25.8 Å². The van der Waals surface area contributed by atoms with E-state index in [0.717, 1.165) is 30.0 Å². The lowest BCUT2D eigenvalue weighted by atomic mass is 10.1. The number of anilines is 2. The molecule has 0 saturated carbocycles. The highest BCUT2D eigenvalue weighted by Crippen LogP contribution is 2.22. The van der Waals surface area contributed by atoms with Gasteiger partial charge in [0.25, 0.3) is 0 Å². The predicted octanol–water partition coefficient (Wildman–Crippen LogP) is 2.15. The van der Waals surface area contributed by atoms with E-state index in [1.165, 1.54) is 0 Å². The van der Waals surface area contributed by atoms with Crippen LogP contribution in [0.5, 0.6) is 0 Å². The summed E-state index contributed by atoms with van der Waals surface area (Å²) < 4.78 is 22.8. The van der Waals surface area contributed by atoms with Gasteiger partial charge in [0.2, 0.25) is 0 Å². The van der Waals surface area contributed by atoms with Gasteiger partial charge in [0.05, 0.1) is 11.5 Å². The second kappa shape index (κ2) is 7.21. The molecule has 1 aliphatic heterocycles. The number of carbonyl (C=O) groups is 1. The smallest absolute Gasteiger partial charge is 0.319 e. The SMILES string of the molecule is CCN(CC)c1ccc(NC(=O)NC2CCS(=O)(=O)C2)c(C)c1. The number of nitrogens with one attached hydrogen (secondary N) is 2. The van der Waals surface area contributed by atoms with Crippen molar-refractivity contribution < 1.29 is 13.2 Å². The Balaban J connectivity index is 1.98. The Morgan fingerprint density at radius 2 is 2.00 bits per heavy atom. The Morgan fingerprint density at radius 1 is 1.30 bits per heavy atom. The van der Waals surface area contributed by atoms with Crippen LogP contribution in [0.3, 0.4) is 0 Å². The van der Waals surface area contributed by atoms with Crippen LogP contribution in [-0.4, -0.2) is 45.1 Å². The molecule has 1 aromatic rings. The minimum atomic E-state index is -2.99. The van der Waals surface area contributed by atoms with Crippen LogP contribution >= 0.6 is 0 Å². The fraction of sp³-hybridized carbons (Fsp3) is 0.562. The molecule has 0 aromatic heterocycles. The van der Waals surface area contributed by atoms with Crippen molar-refractivity contribution in [2.75, 3.05) is 34.8 Å². The van der Waals surface area contributed by atoms with Crippen molar-refractivity contribution in [3.05, 3.63) is 23.8 Å². The minimum Gasteiger partial charge on any atom is -0.372 e. The molecule has 2 N–H and O–H groups in total. The number of hydrogen-bond donors (Lipinski definition) is 2. The summed E-state index contributed by atoms with van der Waals surface area (Å²) in [5.74, 6) is 0.176. The zero-order valence-corrected chi connectivity index (χ0v) is 14.7. The van der Waals surface area contributed by atoms with E-state index in [4.69, 9.17) is 0 Å². The monoisotopic (exact) mass is 339 g/mol. The van der Waals surface area contributed by atoms with E-state index in [1.54, 1.807) is 0 Å². The number of urea groups is 1. The molecule has 1 fully saturated rings. The van der Waals surface area contributed by atoms with Crippen molar-refractivity contribution in [1.82, 2.24) is 5.32 Å². The maximum absolute atomic E-state index is 12.0. The molecule has 1 heterocycles. The number of amides is 2. The van der Waals surface area contributed by atoms with Crippen LogP contribution in [0, 0.1) is 6.92 Å². The summed E-state index contributed by atoms with van der Waals surface area (Å²) in [5, 5.41) is 5.53. The van der Waals surface area contributed by atoms with Gasteiger partial charge in [-0.25, -0.2) is 13.2 Å². The van der Waals surface area contributed by atoms with Crippen molar-refractivity contribution in [2.24, 2.45) is 0 Å². The van der Waals surface area contributed by atoms with Crippen LogP contribution in [0.15, 0.2) is 18.2 Å². The van der Waals surface area contributed by atoms with Gasteiger partial charge in [-0.1, -0.05) is 0 Å². The number of hydrogen-bond acceptors (Lipinski definition) is 4. The molecule has 6 nitrogen and oxygen atoms in total. The first kappa shape index (κ1) is 17.6. The summed E-state index contributed by atoms with van der Waals surface area (Å²) in [6.45, 7) is 8.02. The molecule has 128 valence electrons. The van der Waals surface area contributed by atoms with E-state index >= 15 is 0 Å². The molecular formula is C16H25N3O3S. The van der Waals surface area contributed by atoms with Gasteiger partial charge in [0, 0.05) is 30.5 Å². The molecule has 7 heteroatoms. The lowest BCUT2D eigenvalue weighted by molar-refractivity contribution is 0.249. The van der Waals surface area contributed by atoms with Gasteiger partial charge in [-0.3, -0.25) is 0 Å². The Hall–Kier alpha value is -1.76. The van der Waals surface area contributed by atoms with Gasteiger partial charge in [-0.2, -0.15) is 0 Å². The first-order valence-electron chi connectivity index (χ1n) is 7.98. The quantitative estimate of drug-likeness (QED) is 0.861. The lowest BCUT2D eigenvalue weighted by Crippen LogP contribution is -2.38. The van der Waals surface area contributed by atoms with Gasteiger partial charge in [0.15, 0.2) is 9.84 Å².